The van der Waals surface area contributed by atoms with Crippen molar-refractivity contribution < 1.29 is 4.74 Å². The first kappa shape index (κ1) is 17.0. The lowest BCUT2D eigenvalue weighted by molar-refractivity contribution is 0.353. The Kier molecular flexibility index (Phi) is 8.32. The molecule has 0 aliphatic carbocycles. The van der Waals surface area contributed by atoms with Crippen LogP contribution >= 0.6 is 0 Å². The molecule has 2 rings (SSSR count). The third-order valence-corrected chi connectivity index (χ3v) is 3.84. The molecular formula is C18H31NO. The fourth-order valence-corrected chi connectivity index (χ4v) is 2.52. The molecule has 2 heteroatoms. The molecule has 20 heavy (non-hydrogen) atoms. The van der Waals surface area contributed by atoms with Gasteiger partial charge in [-0.25, -0.2) is 0 Å². The van der Waals surface area contributed by atoms with Crippen molar-refractivity contribution >= 4 is 0 Å². The molecule has 0 radical (unpaired) electrons. The van der Waals surface area contributed by atoms with Gasteiger partial charge in [0.1, 0.15) is 5.75 Å². The fraction of sp³-hybridized carbons (Fsp3) is 0.722. The van der Waals surface area contributed by atoms with Crippen molar-refractivity contribution in [2.24, 2.45) is 0 Å². The number of hydrogen-bond acceptors (Lipinski definition) is 2. The van der Waals surface area contributed by atoms with Crippen LogP contribution in [-0.4, -0.2) is 11.6 Å². The molecule has 1 aliphatic heterocycles. The summed E-state index contributed by atoms with van der Waals surface area (Å²) in [6.45, 7) is 9.42. The Morgan fingerprint density at radius 2 is 1.60 bits per heavy atom. The van der Waals surface area contributed by atoms with Crippen LogP contribution in [-0.2, 0) is 6.42 Å². The summed E-state index contributed by atoms with van der Waals surface area (Å²) in [6.07, 6.45) is 12.9. The number of pyridine rings is 1. The number of hydrogen-bond donors (Lipinski definition) is 0. The first-order chi connectivity index (χ1) is 9.70. The highest BCUT2D eigenvalue weighted by Gasteiger charge is 2.16. The monoisotopic (exact) mass is 277 g/mol. The normalized spacial score (nSPS) is 12.4. The molecule has 2 nitrogen and oxygen atoms in total. The van der Waals surface area contributed by atoms with Gasteiger partial charge in [-0.1, -0.05) is 58.8 Å². The Hall–Kier alpha value is -1.05. The minimum absolute atomic E-state index is 0.822. The van der Waals surface area contributed by atoms with E-state index in [0.717, 1.165) is 24.5 Å². The van der Waals surface area contributed by atoms with Crippen molar-refractivity contribution in [3.8, 4) is 5.75 Å². The highest BCUT2D eigenvalue weighted by molar-refractivity contribution is 5.43. The molecule has 0 fully saturated rings. The van der Waals surface area contributed by atoms with Gasteiger partial charge in [0, 0.05) is 18.2 Å². The van der Waals surface area contributed by atoms with Gasteiger partial charge in [-0.3, -0.25) is 4.98 Å². The zero-order valence-electron chi connectivity index (χ0n) is 13.8. The van der Waals surface area contributed by atoms with E-state index in [1.54, 1.807) is 0 Å². The summed E-state index contributed by atoms with van der Waals surface area (Å²) in [7, 11) is 0. The van der Waals surface area contributed by atoms with Gasteiger partial charge in [0.05, 0.1) is 12.3 Å². The quantitative estimate of drug-likeness (QED) is 0.650. The zero-order chi connectivity index (χ0) is 14.8. The summed E-state index contributed by atoms with van der Waals surface area (Å²) < 4.78 is 5.45. The third kappa shape index (κ3) is 5.52. The third-order valence-electron chi connectivity index (χ3n) is 3.84. The van der Waals surface area contributed by atoms with E-state index >= 15 is 0 Å². The molecule has 0 unspecified atom stereocenters. The topological polar surface area (TPSA) is 22.1 Å². The molecule has 0 saturated carbocycles. The SMILES string of the molecule is CCCCCCCCC.Cc1cnc(C)c2c1CCO2. The Labute approximate surface area is 125 Å². The van der Waals surface area contributed by atoms with Gasteiger partial charge in [0.2, 0.25) is 0 Å². The predicted molar refractivity (Wildman–Crippen MR) is 86.6 cm³/mol. The van der Waals surface area contributed by atoms with Crippen LogP contribution in [0, 0.1) is 13.8 Å². The van der Waals surface area contributed by atoms with E-state index in [1.807, 2.05) is 13.1 Å². The number of aromatic nitrogens is 1. The van der Waals surface area contributed by atoms with Crippen LogP contribution in [0.15, 0.2) is 6.20 Å². The lowest BCUT2D eigenvalue weighted by atomic mass is 10.1. The maximum absolute atomic E-state index is 5.45. The van der Waals surface area contributed by atoms with Crippen molar-refractivity contribution in [1.29, 1.82) is 0 Å². The number of aryl methyl sites for hydroxylation is 2. The van der Waals surface area contributed by atoms with E-state index in [0.29, 0.717) is 0 Å². The van der Waals surface area contributed by atoms with E-state index in [-0.39, 0.29) is 0 Å². The smallest absolute Gasteiger partial charge is 0.144 e. The van der Waals surface area contributed by atoms with E-state index in [9.17, 15) is 0 Å². The van der Waals surface area contributed by atoms with E-state index in [1.165, 1.54) is 56.1 Å². The molecule has 0 bridgehead atoms. The second-order valence-electron chi connectivity index (χ2n) is 5.70. The molecule has 1 aromatic heterocycles. The molecule has 0 amide bonds. The second kappa shape index (κ2) is 9.79. The van der Waals surface area contributed by atoms with Crippen LogP contribution in [0.5, 0.6) is 5.75 Å². The van der Waals surface area contributed by atoms with Crippen molar-refractivity contribution in [2.75, 3.05) is 6.61 Å². The number of fused-ring (bicyclic) bond motifs is 1. The van der Waals surface area contributed by atoms with Crippen LogP contribution in [0.2, 0.25) is 0 Å². The number of unbranched alkanes of at least 4 members (excludes halogenated alkanes) is 6. The van der Waals surface area contributed by atoms with Gasteiger partial charge >= 0.3 is 0 Å². The Morgan fingerprint density at radius 3 is 2.15 bits per heavy atom. The Morgan fingerprint density at radius 1 is 1.00 bits per heavy atom. The number of nitrogens with zero attached hydrogens (tertiary/aromatic N) is 1. The molecule has 0 spiro atoms. The van der Waals surface area contributed by atoms with Crippen molar-refractivity contribution in [3.05, 3.63) is 23.0 Å². The summed E-state index contributed by atoms with van der Waals surface area (Å²) in [5.41, 5.74) is 3.61. The molecule has 0 aromatic carbocycles. The van der Waals surface area contributed by atoms with E-state index < -0.39 is 0 Å². The Bertz CT molecular complexity index is 352. The average molecular weight is 277 g/mol. The van der Waals surface area contributed by atoms with Crippen LogP contribution in [0.4, 0.5) is 0 Å². The van der Waals surface area contributed by atoms with Gasteiger partial charge in [-0.05, 0) is 19.4 Å². The molecule has 0 saturated heterocycles. The maximum atomic E-state index is 5.45. The van der Waals surface area contributed by atoms with Gasteiger partial charge < -0.3 is 4.74 Å². The first-order valence-corrected chi connectivity index (χ1v) is 8.28. The van der Waals surface area contributed by atoms with Gasteiger partial charge in [0.15, 0.2) is 0 Å². The van der Waals surface area contributed by atoms with Crippen LogP contribution < -0.4 is 4.74 Å². The average Bonchev–Trinajstić information content (AvgIpc) is 2.94. The summed E-state index contributed by atoms with van der Waals surface area (Å²) in [5.74, 6) is 1.02. The molecule has 0 atom stereocenters. The first-order valence-electron chi connectivity index (χ1n) is 8.28. The summed E-state index contributed by atoms with van der Waals surface area (Å²) in [5, 5.41) is 0. The summed E-state index contributed by atoms with van der Waals surface area (Å²) in [6, 6.07) is 0. The van der Waals surface area contributed by atoms with Crippen molar-refractivity contribution in [2.45, 2.75) is 79.1 Å². The highest BCUT2D eigenvalue weighted by atomic mass is 16.5. The molecule has 114 valence electrons. The van der Waals surface area contributed by atoms with Crippen molar-refractivity contribution in [3.63, 3.8) is 0 Å². The summed E-state index contributed by atoms with van der Waals surface area (Å²) >= 11 is 0. The van der Waals surface area contributed by atoms with Crippen LogP contribution in [0.1, 0.15) is 75.6 Å². The minimum atomic E-state index is 0.822. The zero-order valence-corrected chi connectivity index (χ0v) is 13.8. The molecule has 0 N–H and O–H groups in total. The van der Waals surface area contributed by atoms with Crippen molar-refractivity contribution in [1.82, 2.24) is 4.98 Å². The lowest BCUT2D eigenvalue weighted by Gasteiger charge is -2.03. The van der Waals surface area contributed by atoms with E-state index in [2.05, 4.69) is 25.8 Å². The van der Waals surface area contributed by atoms with E-state index in [4.69, 9.17) is 4.74 Å². The maximum Gasteiger partial charge on any atom is 0.144 e. The molecular weight excluding hydrogens is 246 g/mol. The largest absolute Gasteiger partial charge is 0.491 e. The standard InChI is InChI=1S/C9H11NO.C9H20/c1-6-5-10-7(2)9-8(6)3-4-11-9;1-3-5-7-9-8-6-4-2/h5H,3-4H2,1-2H3;3-9H2,1-2H3. The lowest BCUT2D eigenvalue weighted by Crippen LogP contribution is -1.90. The number of ether oxygens (including phenoxy) is 1. The Balaban J connectivity index is 0.000000206. The fourth-order valence-electron chi connectivity index (χ4n) is 2.52. The molecule has 1 aromatic rings. The van der Waals surface area contributed by atoms with Crippen LogP contribution in [0.3, 0.4) is 0 Å². The van der Waals surface area contributed by atoms with Gasteiger partial charge in [-0.2, -0.15) is 0 Å². The number of rotatable bonds is 6. The van der Waals surface area contributed by atoms with Gasteiger partial charge in [-0.15, -0.1) is 0 Å². The highest BCUT2D eigenvalue weighted by Crippen LogP contribution is 2.29. The van der Waals surface area contributed by atoms with Crippen LogP contribution in [0.25, 0.3) is 0 Å². The second-order valence-corrected chi connectivity index (χ2v) is 5.70. The molecule has 1 aliphatic rings. The summed E-state index contributed by atoms with van der Waals surface area (Å²) in [4.78, 5) is 4.23. The van der Waals surface area contributed by atoms with Gasteiger partial charge in [0.25, 0.3) is 0 Å². The minimum Gasteiger partial charge on any atom is -0.491 e. The molecule has 2 heterocycles. The predicted octanol–water partition coefficient (Wildman–Crippen LogP) is 5.39.